The molecule has 0 aromatic heterocycles. The summed E-state index contributed by atoms with van der Waals surface area (Å²) >= 11 is 10.2. The van der Waals surface area contributed by atoms with E-state index in [1.165, 1.54) is 13.8 Å². The molecule has 37 heavy (non-hydrogen) atoms. The Morgan fingerprint density at radius 3 is 1.24 bits per heavy atom. The molecule has 11 heteroatoms. The van der Waals surface area contributed by atoms with Crippen molar-refractivity contribution >= 4 is 57.4 Å². The molecule has 0 spiro atoms. The molecule has 0 aliphatic heterocycles. The molecule has 0 unspecified atom stereocenters. The molecule has 8 nitrogen and oxygen atoms in total. The normalized spacial score (nSPS) is 11.1. The maximum atomic E-state index is 11.5. The topological polar surface area (TPSA) is 117 Å². The minimum Gasteiger partial charge on any atom is -0.480 e. The van der Waals surface area contributed by atoms with Crippen molar-refractivity contribution in [2.75, 3.05) is 23.8 Å². The molecule has 0 aliphatic rings. The van der Waals surface area contributed by atoms with E-state index >= 15 is 0 Å². The van der Waals surface area contributed by atoms with Gasteiger partial charge in [0.1, 0.15) is 21.1 Å². The van der Waals surface area contributed by atoms with Crippen molar-refractivity contribution in [3.8, 4) is 0 Å². The summed E-state index contributed by atoms with van der Waals surface area (Å²) in [6, 6.07) is 18.3. The van der Waals surface area contributed by atoms with Gasteiger partial charge in [0.15, 0.2) is 11.6 Å². The van der Waals surface area contributed by atoms with Crippen LogP contribution in [-0.2, 0) is 35.6 Å². The number of rotatable bonds is 10. The van der Waals surface area contributed by atoms with E-state index in [1.807, 2.05) is 60.7 Å². The van der Waals surface area contributed by atoms with Gasteiger partial charge in [0.25, 0.3) is 11.9 Å². The molecule has 0 heterocycles. The number of hydrogen-bond acceptors (Lipinski definition) is 8. The van der Waals surface area contributed by atoms with Crippen molar-refractivity contribution in [2.45, 2.75) is 27.7 Å². The first kappa shape index (κ1) is 33.7. The predicted molar refractivity (Wildman–Crippen MR) is 149 cm³/mol. The second kappa shape index (κ2) is 18.1. The Morgan fingerprint density at radius 2 is 1.00 bits per heavy atom. The first-order chi connectivity index (χ1) is 17.1. The maximum Gasteiger partial charge on any atom is 0.290 e. The Kier molecular flexibility index (Phi) is 16.5. The number of aliphatic hydroxyl groups is 2. The molecule has 2 aromatic rings. The SMILES string of the molecule is CCO/C(O)=C(\C(C)=O)C(=S)Nc1ccccc1.CCO/C(O)=C(\C(C)=O)C(=S)Nc1ccccc1.[Ni]. The van der Waals surface area contributed by atoms with Crippen LogP contribution in [0.3, 0.4) is 0 Å². The van der Waals surface area contributed by atoms with Gasteiger partial charge in [-0.15, -0.1) is 0 Å². The van der Waals surface area contributed by atoms with Crippen LogP contribution in [0.1, 0.15) is 27.7 Å². The van der Waals surface area contributed by atoms with Crippen molar-refractivity contribution < 1.29 is 45.8 Å². The van der Waals surface area contributed by atoms with Gasteiger partial charge in [-0.25, -0.2) is 0 Å². The quantitative estimate of drug-likeness (QED) is 0.120. The van der Waals surface area contributed by atoms with Crippen LogP contribution in [0.15, 0.2) is 83.7 Å². The van der Waals surface area contributed by atoms with Gasteiger partial charge in [0.05, 0.1) is 13.2 Å². The number of carbonyl (C=O) groups excluding carboxylic acids is 2. The number of thiocarbonyl (C=S) groups is 2. The minimum absolute atomic E-state index is 0. The summed E-state index contributed by atoms with van der Waals surface area (Å²) in [6.07, 6.45) is 0. The molecule has 4 N–H and O–H groups in total. The number of Topliss-reactive ketones (excluding diaryl/α,β-unsaturated/α-hetero) is 2. The van der Waals surface area contributed by atoms with Gasteiger partial charge in [-0.1, -0.05) is 60.8 Å². The van der Waals surface area contributed by atoms with Crippen LogP contribution in [0.25, 0.3) is 0 Å². The molecule has 0 aliphatic carbocycles. The number of anilines is 2. The van der Waals surface area contributed by atoms with Crippen molar-refractivity contribution in [3.63, 3.8) is 0 Å². The van der Waals surface area contributed by atoms with Crippen LogP contribution in [0.2, 0.25) is 0 Å². The standard InChI is InChI=1S/2C13H15NO3S.Ni/c2*1-3-17-13(16)11(9(2)15)12(18)14-10-7-5-4-6-8-10;/h2*4-8,16H,3H2,1-2H3,(H,14,18);/b2*13-11+;. The fraction of sp³-hybridized carbons (Fsp3) is 0.231. The van der Waals surface area contributed by atoms with E-state index < -0.39 is 11.9 Å². The second-order valence-corrected chi connectivity index (χ2v) is 7.80. The van der Waals surface area contributed by atoms with Crippen molar-refractivity contribution in [1.82, 2.24) is 0 Å². The van der Waals surface area contributed by atoms with Gasteiger partial charge in [-0.05, 0) is 52.0 Å². The second-order valence-electron chi connectivity index (χ2n) is 6.98. The Morgan fingerprint density at radius 1 is 0.703 bits per heavy atom. The molecule has 0 fully saturated rings. The number of carbonyl (C=O) groups is 2. The third-order valence-electron chi connectivity index (χ3n) is 4.21. The molecule has 0 bridgehead atoms. The molecular formula is C26H30N2NiO6S2. The number of hydrogen-bond donors (Lipinski definition) is 4. The average Bonchev–Trinajstić information content (AvgIpc) is 2.81. The third-order valence-corrected chi connectivity index (χ3v) is 4.82. The number of para-hydroxylation sites is 2. The average molecular weight is 589 g/mol. The van der Waals surface area contributed by atoms with Crippen molar-refractivity contribution in [2.24, 2.45) is 0 Å². The Bertz CT molecular complexity index is 1030. The molecular weight excluding hydrogens is 559 g/mol. The zero-order valence-corrected chi connectivity index (χ0v) is 23.5. The Labute approximate surface area is 237 Å². The number of benzene rings is 2. The van der Waals surface area contributed by atoms with E-state index in [-0.39, 0.29) is 62.4 Å². The van der Waals surface area contributed by atoms with E-state index in [0.717, 1.165) is 11.4 Å². The molecule has 0 atom stereocenters. The van der Waals surface area contributed by atoms with Crippen LogP contribution in [-0.4, -0.2) is 45.0 Å². The monoisotopic (exact) mass is 588 g/mol. The minimum atomic E-state index is -0.446. The fourth-order valence-corrected chi connectivity index (χ4v) is 3.36. The summed E-state index contributed by atoms with van der Waals surface area (Å²) in [6.45, 7) is 6.59. The van der Waals surface area contributed by atoms with Crippen LogP contribution in [0.5, 0.6) is 0 Å². The fourth-order valence-electron chi connectivity index (χ4n) is 2.66. The van der Waals surface area contributed by atoms with E-state index in [2.05, 4.69) is 10.6 Å². The van der Waals surface area contributed by atoms with E-state index in [1.54, 1.807) is 13.8 Å². The van der Waals surface area contributed by atoms with Crippen LogP contribution < -0.4 is 10.6 Å². The first-order valence-corrected chi connectivity index (χ1v) is 11.8. The van der Waals surface area contributed by atoms with Crippen molar-refractivity contribution in [3.05, 3.63) is 83.7 Å². The number of aliphatic hydroxyl groups excluding tert-OH is 2. The van der Waals surface area contributed by atoms with Gasteiger partial charge < -0.3 is 30.3 Å². The summed E-state index contributed by atoms with van der Waals surface area (Å²) in [7, 11) is 0. The van der Waals surface area contributed by atoms with Gasteiger partial charge >= 0.3 is 0 Å². The maximum absolute atomic E-state index is 11.5. The molecule has 0 saturated heterocycles. The zero-order valence-electron chi connectivity index (χ0n) is 20.8. The van der Waals surface area contributed by atoms with Gasteiger partial charge in [0, 0.05) is 27.9 Å². The van der Waals surface area contributed by atoms with Gasteiger partial charge in [-0.2, -0.15) is 0 Å². The molecule has 0 saturated carbocycles. The van der Waals surface area contributed by atoms with Crippen LogP contribution in [0.4, 0.5) is 11.4 Å². The van der Waals surface area contributed by atoms with E-state index in [9.17, 15) is 19.8 Å². The van der Waals surface area contributed by atoms with E-state index in [0.29, 0.717) is 0 Å². The molecule has 0 radical (unpaired) electrons. The zero-order chi connectivity index (χ0) is 27.1. The molecule has 2 aromatic carbocycles. The summed E-state index contributed by atoms with van der Waals surface area (Å²) in [5.41, 5.74) is 1.45. The number of ketones is 2. The Balaban J connectivity index is 0.000000682. The largest absolute Gasteiger partial charge is 0.480 e. The van der Waals surface area contributed by atoms with Gasteiger partial charge in [0.2, 0.25) is 0 Å². The van der Waals surface area contributed by atoms with Crippen LogP contribution in [0, 0.1) is 0 Å². The number of nitrogens with one attached hydrogen (secondary N) is 2. The van der Waals surface area contributed by atoms with Gasteiger partial charge in [-0.3, -0.25) is 9.59 Å². The third kappa shape index (κ3) is 12.0. The van der Waals surface area contributed by atoms with E-state index in [4.69, 9.17) is 33.9 Å². The summed E-state index contributed by atoms with van der Waals surface area (Å²) < 4.78 is 9.82. The summed E-state index contributed by atoms with van der Waals surface area (Å²) in [4.78, 5) is 23.2. The summed E-state index contributed by atoms with van der Waals surface area (Å²) in [5.74, 6) is -1.60. The molecule has 0 amide bonds. The predicted octanol–water partition coefficient (Wildman–Crippen LogP) is 5.64. The molecule has 202 valence electrons. The Hall–Kier alpha value is -3.27. The molecule has 2 rings (SSSR count). The first-order valence-electron chi connectivity index (χ1n) is 11.0. The summed E-state index contributed by atoms with van der Waals surface area (Å²) in [5, 5.41) is 25.0. The smallest absolute Gasteiger partial charge is 0.290 e. The number of ether oxygens (including phenoxy) is 2. The van der Waals surface area contributed by atoms with Crippen LogP contribution >= 0.6 is 24.4 Å². The van der Waals surface area contributed by atoms with Crippen molar-refractivity contribution in [1.29, 1.82) is 0 Å².